The van der Waals surface area contributed by atoms with Crippen molar-refractivity contribution in [2.24, 2.45) is 0 Å². The molecule has 0 unspecified atom stereocenters. The third-order valence-corrected chi connectivity index (χ3v) is 0.991. The molecule has 0 spiro atoms. The molecule has 0 amide bonds. The van der Waals surface area contributed by atoms with E-state index in [2.05, 4.69) is 20.6 Å². The van der Waals surface area contributed by atoms with Crippen molar-refractivity contribution in [3.8, 4) is 0 Å². The molecule has 0 aliphatic carbocycles. The molecule has 10 heavy (non-hydrogen) atoms. The summed E-state index contributed by atoms with van der Waals surface area (Å²) in [6.45, 7) is 0. The number of rotatable bonds is 2. The van der Waals surface area contributed by atoms with Gasteiger partial charge in [-0.2, -0.15) is 0 Å². The van der Waals surface area contributed by atoms with Crippen LogP contribution in [0.5, 0.6) is 0 Å². The average Bonchev–Trinajstić information content (AvgIpc) is 2.05. The van der Waals surface area contributed by atoms with Crippen molar-refractivity contribution in [1.29, 1.82) is 0 Å². The topological polar surface area (TPSA) is 54.0 Å². The zero-order valence-corrected chi connectivity index (χ0v) is 5.87. The Morgan fingerprint density at radius 1 is 1.50 bits per heavy atom. The normalized spacial score (nSPS) is 10.4. The van der Waals surface area contributed by atoms with Gasteiger partial charge >= 0.3 is 0 Å². The van der Waals surface area contributed by atoms with Crippen LogP contribution in [-0.2, 0) is 0 Å². The van der Waals surface area contributed by atoms with E-state index < -0.39 is 0 Å². The molecule has 1 aromatic heterocycles. The summed E-state index contributed by atoms with van der Waals surface area (Å²) in [7, 11) is 3.18. The van der Waals surface area contributed by atoms with Crippen LogP contribution in [-0.4, -0.2) is 24.1 Å². The van der Waals surface area contributed by atoms with E-state index in [0.29, 0.717) is 11.8 Å². The second kappa shape index (κ2) is 3.00. The summed E-state index contributed by atoms with van der Waals surface area (Å²) in [6.07, 6.45) is 1.39. The fourth-order valence-corrected chi connectivity index (χ4v) is 0.526. The molecule has 0 radical (unpaired) electrons. The van der Waals surface area contributed by atoms with Crippen molar-refractivity contribution in [2.45, 2.75) is 0 Å². The third-order valence-electron chi connectivity index (χ3n) is 0.991. The predicted octanol–water partition coefficient (Wildman–Crippen LogP) is 1.75. The minimum absolute atomic E-state index is 0.222. The van der Waals surface area contributed by atoms with E-state index >= 15 is 0 Å². The maximum atomic E-state index is 7.28. The Morgan fingerprint density at radius 2 is 2.30 bits per heavy atom. The zero-order chi connectivity index (χ0) is 8.27. The fourth-order valence-electron chi connectivity index (χ4n) is 0.526. The summed E-state index contributed by atoms with van der Waals surface area (Å²) in [5.41, 5.74) is 0. The summed E-state index contributed by atoms with van der Waals surface area (Å²) in [5, 5.41) is 7.53. The molecule has 4 heteroatoms. The van der Waals surface area contributed by atoms with Gasteiger partial charge in [0.25, 0.3) is 0 Å². The minimum atomic E-state index is 0.222. The van der Waals surface area contributed by atoms with Crippen molar-refractivity contribution in [1.82, 2.24) is 9.97 Å². The smallest absolute Gasteiger partial charge is 0.0623 e. The van der Waals surface area contributed by atoms with E-state index in [-0.39, 0.29) is 6.04 Å². The first kappa shape index (κ1) is 5.46. The van der Waals surface area contributed by atoms with Gasteiger partial charge in [-0.25, -0.2) is 0 Å². The molecule has 4 nitrogen and oxygen atoms in total. The van der Waals surface area contributed by atoms with Crippen molar-refractivity contribution in [3.05, 3.63) is 22.9 Å². The molecular weight excluding hydrogens is 128 g/mol. The molecule has 0 N–H and O–H groups in total. The highest BCUT2D eigenvalue weighted by Crippen LogP contribution is 2.15. The Balaban J connectivity index is 3.02. The average molecular weight is 137 g/mol. The van der Waals surface area contributed by atoms with Crippen LogP contribution in [0.2, 0.25) is 0 Å². The Bertz CT molecular complexity index is 250. The van der Waals surface area contributed by atoms with E-state index in [1.807, 2.05) is 0 Å². The minimum Gasteiger partial charge on any atom is -0.469 e. The van der Waals surface area contributed by atoms with E-state index in [4.69, 9.17) is 1.37 Å². The second-order valence-corrected chi connectivity index (χ2v) is 1.59. The first-order valence-electron chi connectivity index (χ1n) is 3.31. The highest BCUT2D eigenvalue weighted by molar-refractivity contribution is 5.44. The van der Waals surface area contributed by atoms with Gasteiger partial charge in [-0.3, -0.25) is 0 Å². The number of nitrogens with zero attached hydrogens (tertiary/aromatic N) is 4. The van der Waals surface area contributed by atoms with Gasteiger partial charge in [0.1, 0.15) is 0 Å². The molecule has 0 saturated carbocycles. The van der Waals surface area contributed by atoms with E-state index in [0.717, 1.165) is 0 Å². The summed E-state index contributed by atoms with van der Waals surface area (Å²) in [4.78, 5) is 7.66. The van der Waals surface area contributed by atoms with Gasteiger partial charge in [0, 0.05) is 0 Å². The van der Waals surface area contributed by atoms with E-state index in [9.17, 15) is 0 Å². The molecule has 0 bridgehead atoms. The van der Waals surface area contributed by atoms with Crippen LogP contribution in [0.15, 0.2) is 12.2 Å². The zero-order valence-electron chi connectivity index (χ0n) is 6.87. The van der Waals surface area contributed by atoms with Crippen molar-refractivity contribution in [2.75, 3.05) is 14.1 Å². The van der Waals surface area contributed by atoms with Crippen LogP contribution >= 0.6 is 0 Å². The van der Waals surface area contributed by atoms with Gasteiger partial charge < -0.3 is 20.6 Å². The van der Waals surface area contributed by atoms with Gasteiger partial charge in [0.15, 0.2) is 0 Å². The molecule has 0 atom stereocenters. The highest BCUT2D eigenvalue weighted by atomic mass is 15.1. The fraction of sp³-hybridized carbons (Fsp3) is 0.333. The molecule has 0 fully saturated rings. The molecule has 0 aliphatic rings. The van der Waals surface area contributed by atoms with Crippen LogP contribution in [0.3, 0.4) is 0 Å². The van der Waals surface area contributed by atoms with Crippen LogP contribution < -0.4 is 0 Å². The molecule has 0 aromatic carbocycles. The van der Waals surface area contributed by atoms with Gasteiger partial charge in [-0.05, 0) is 19.2 Å². The van der Waals surface area contributed by atoms with E-state index in [1.54, 1.807) is 14.1 Å². The molecule has 1 rings (SSSR count). The lowest BCUT2D eigenvalue weighted by atomic mass is 10.6. The van der Waals surface area contributed by atoms with Crippen molar-refractivity contribution < 1.29 is 1.37 Å². The van der Waals surface area contributed by atoms with Gasteiger partial charge in [0.05, 0.1) is 1.37 Å². The molecule has 0 saturated heterocycles. The summed E-state index contributed by atoms with van der Waals surface area (Å²) < 4.78 is 7.28. The number of hydrogen-bond donors (Lipinski definition) is 0. The van der Waals surface area contributed by atoms with Gasteiger partial charge in [0.2, 0.25) is 0 Å². The first-order valence-corrected chi connectivity index (χ1v) is 2.81. The van der Waals surface area contributed by atoms with Crippen LogP contribution in [0.1, 0.15) is 1.37 Å². The molecule has 1 aromatic rings. The quantitative estimate of drug-likeness (QED) is 0.623. The summed E-state index contributed by atoms with van der Waals surface area (Å²) >= 11 is 0. The Labute approximate surface area is 61.1 Å². The predicted molar refractivity (Wildman–Crippen MR) is 39.9 cm³/mol. The maximum absolute atomic E-state index is 7.28. The summed E-state index contributed by atoms with van der Waals surface area (Å²) in [6, 6.07) is 0.222. The van der Waals surface area contributed by atoms with Crippen LogP contribution in [0.4, 0.5) is 11.8 Å². The molecule has 1 heterocycles. The first-order chi connectivity index (χ1) is 5.27. The standard InChI is InChI=1S/C6H8N4/c1-7-5-3-4-9-6(8-2)10-5/h3-4H,1-2H3/q-2/i3D. The monoisotopic (exact) mass is 137 g/mol. The Morgan fingerprint density at radius 3 is 2.90 bits per heavy atom. The number of aromatic nitrogens is 2. The lowest BCUT2D eigenvalue weighted by Gasteiger charge is -2.14. The molecule has 0 aliphatic heterocycles. The van der Waals surface area contributed by atoms with Crippen molar-refractivity contribution in [3.63, 3.8) is 0 Å². The van der Waals surface area contributed by atoms with Crippen molar-refractivity contribution >= 4 is 11.8 Å². The Kier molecular flexibility index (Phi) is 1.64. The van der Waals surface area contributed by atoms with Crippen LogP contribution in [0, 0.1) is 0 Å². The third kappa shape index (κ3) is 1.34. The second-order valence-electron chi connectivity index (χ2n) is 1.59. The van der Waals surface area contributed by atoms with Gasteiger partial charge in [-0.1, -0.05) is 18.9 Å². The number of hydrogen-bond acceptors (Lipinski definition) is 2. The lowest BCUT2D eigenvalue weighted by Crippen LogP contribution is -1.80. The Hall–Kier alpha value is -1.32. The summed E-state index contributed by atoms with van der Waals surface area (Å²) in [5.74, 6) is 0.738. The maximum Gasteiger partial charge on any atom is 0.0623 e. The highest BCUT2D eigenvalue weighted by Gasteiger charge is 1.75. The largest absolute Gasteiger partial charge is 0.469 e. The van der Waals surface area contributed by atoms with Crippen LogP contribution in [0.25, 0.3) is 10.6 Å². The SMILES string of the molecule is [2H]c1cnc([N-]C)nc1[N-]C. The van der Waals surface area contributed by atoms with E-state index in [1.165, 1.54) is 6.20 Å². The lowest BCUT2D eigenvalue weighted by molar-refractivity contribution is 1.19. The molecule has 54 valence electrons. The van der Waals surface area contributed by atoms with Gasteiger partial charge in [-0.15, -0.1) is 0 Å². The molecular formula is C6H8N4-2.